The first kappa shape index (κ1) is 26.5. The number of halogens is 2. The number of rotatable bonds is 5. The van der Waals surface area contributed by atoms with E-state index < -0.39 is 17.3 Å². The Balaban J connectivity index is 1.76. The van der Waals surface area contributed by atoms with E-state index >= 15 is 4.39 Å². The molecule has 3 aromatic rings. The van der Waals surface area contributed by atoms with Crippen molar-refractivity contribution in [1.82, 2.24) is 19.4 Å². The maximum Gasteiger partial charge on any atom is 0.355 e. The van der Waals surface area contributed by atoms with Crippen LogP contribution >= 0.6 is 0 Å². The lowest BCUT2D eigenvalue weighted by Gasteiger charge is -2.40. The number of carbonyl (C=O) groups excluding carboxylic acids is 1. The summed E-state index contributed by atoms with van der Waals surface area (Å²) in [6, 6.07) is 8.55. The predicted octanol–water partition coefficient (Wildman–Crippen LogP) is 5.30. The molecule has 1 aliphatic heterocycles. The zero-order chi connectivity index (χ0) is 27.8. The van der Waals surface area contributed by atoms with Crippen molar-refractivity contribution in [2.24, 2.45) is 0 Å². The van der Waals surface area contributed by atoms with E-state index in [0.29, 0.717) is 43.5 Å². The Kier molecular flexibility index (Phi) is 7.16. The minimum Gasteiger partial charge on any atom is -0.350 e. The van der Waals surface area contributed by atoms with E-state index in [0.717, 1.165) is 5.56 Å². The summed E-state index contributed by atoms with van der Waals surface area (Å²) in [7, 11) is 0. The van der Waals surface area contributed by atoms with Crippen LogP contribution in [0.4, 0.5) is 14.6 Å². The fourth-order valence-electron chi connectivity index (χ4n) is 5.37. The van der Waals surface area contributed by atoms with E-state index in [-0.39, 0.29) is 40.6 Å². The first-order valence-corrected chi connectivity index (χ1v) is 13.2. The smallest absolute Gasteiger partial charge is 0.350 e. The molecule has 1 fully saturated rings. The molecular weight excluding hydrogens is 500 g/mol. The lowest BCUT2D eigenvalue weighted by atomic mass is 10.0. The number of hydrogen-bond donors (Lipinski definition) is 0. The highest BCUT2D eigenvalue weighted by molar-refractivity contribution is 5.91. The van der Waals surface area contributed by atoms with Crippen molar-refractivity contribution in [3.05, 3.63) is 88.5 Å². The molecule has 0 spiro atoms. The van der Waals surface area contributed by atoms with E-state index in [1.807, 2.05) is 49.9 Å². The van der Waals surface area contributed by atoms with Crippen LogP contribution in [0.2, 0.25) is 0 Å². The molecule has 1 aromatic carbocycles. The summed E-state index contributed by atoms with van der Waals surface area (Å²) in [6.07, 6.45) is 5.43. The fraction of sp³-hybridized carbons (Fsp3) is 0.333. The van der Waals surface area contributed by atoms with Crippen molar-refractivity contribution in [2.75, 3.05) is 24.5 Å². The Hall–Kier alpha value is -4.14. The van der Waals surface area contributed by atoms with Gasteiger partial charge in [0, 0.05) is 31.2 Å². The molecule has 0 saturated carbocycles. The van der Waals surface area contributed by atoms with Crippen LogP contribution in [0.5, 0.6) is 0 Å². The maximum atomic E-state index is 15.7. The summed E-state index contributed by atoms with van der Waals surface area (Å²) < 4.78 is 31.9. The largest absolute Gasteiger partial charge is 0.355 e. The third-order valence-electron chi connectivity index (χ3n) is 7.34. The van der Waals surface area contributed by atoms with Gasteiger partial charge in [-0.15, -0.1) is 0 Å². The Morgan fingerprint density at radius 1 is 1.13 bits per heavy atom. The number of nitrogens with zero attached hydrogens (tertiary/aromatic N) is 5. The molecule has 2 aliphatic rings. The van der Waals surface area contributed by atoms with Crippen LogP contribution in [0.15, 0.2) is 65.8 Å². The van der Waals surface area contributed by atoms with Gasteiger partial charge in [-0.05, 0) is 55.5 Å². The van der Waals surface area contributed by atoms with Crippen LogP contribution in [0.3, 0.4) is 0 Å². The number of aromatic nitrogens is 3. The minimum atomic E-state index is -0.697. The van der Waals surface area contributed by atoms with E-state index in [1.165, 1.54) is 22.8 Å². The quantitative estimate of drug-likeness (QED) is 0.418. The highest BCUT2D eigenvalue weighted by Crippen LogP contribution is 2.35. The molecule has 0 radical (unpaired) electrons. The number of amides is 1. The predicted molar refractivity (Wildman–Crippen MR) is 149 cm³/mol. The van der Waals surface area contributed by atoms with Gasteiger partial charge in [0.2, 0.25) is 5.91 Å². The highest BCUT2D eigenvalue weighted by Gasteiger charge is 2.30. The molecule has 2 aromatic heterocycles. The Labute approximate surface area is 225 Å². The highest BCUT2D eigenvalue weighted by atomic mass is 19.1. The normalized spacial score (nSPS) is 17.8. The van der Waals surface area contributed by atoms with Crippen LogP contribution in [0.25, 0.3) is 22.3 Å². The zero-order valence-electron chi connectivity index (χ0n) is 22.3. The lowest BCUT2D eigenvalue weighted by Crippen LogP contribution is -2.54. The number of benzene rings is 1. The lowest BCUT2D eigenvalue weighted by molar-refractivity contribution is -0.126. The summed E-state index contributed by atoms with van der Waals surface area (Å²) in [5.41, 5.74) is 1.06. The van der Waals surface area contributed by atoms with Gasteiger partial charge in [0.1, 0.15) is 23.2 Å². The monoisotopic (exact) mass is 531 g/mol. The second-order valence-electron chi connectivity index (χ2n) is 10.2. The fourth-order valence-corrected chi connectivity index (χ4v) is 5.37. The van der Waals surface area contributed by atoms with E-state index in [9.17, 15) is 14.0 Å². The van der Waals surface area contributed by atoms with Gasteiger partial charge in [0.15, 0.2) is 5.65 Å². The van der Waals surface area contributed by atoms with Gasteiger partial charge in [-0.2, -0.15) is 4.98 Å². The molecule has 1 saturated heterocycles. The van der Waals surface area contributed by atoms with Crippen LogP contribution in [0, 0.1) is 5.82 Å². The Morgan fingerprint density at radius 3 is 2.56 bits per heavy atom. The van der Waals surface area contributed by atoms with Crippen LogP contribution in [-0.2, 0) is 4.79 Å². The van der Waals surface area contributed by atoms with Gasteiger partial charge in [-0.25, -0.2) is 23.1 Å². The molecule has 0 N–H and O–H groups in total. The van der Waals surface area contributed by atoms with Gasteiger partial charge in [-0.3, -0.25) is 4.79 Å². The number of fused-ring (bicyclic) bond motifs is 1. The Morgan fingerprint density at radius 2 is 1.87 bits per heavy atom. The van der Waals surface area contributed by atoms with Crippen LogP contribution < -0.4 is 10.6 Å². The number of pyridine rings is 1. The summed E-state index contributed by atoms with van der Waals surface area (Å²) in [4.78, 5) is 38.6. The molecule has 1 aliphatic carbocycles. The summed E-state index contributed by atoms with van der Waals surface area (Å²) in [5.74, 6) is -1.03. The summed E-state index contributed by atoms with van der Waals surface area (Å²) in [6.45, 7) is 10.7. The molecule has 9 heteroatoms. The van der Waals surface area contributed by atoms with Gasteiger partial charge in [0.25, 0.3) is 0 Å². The maximum absolute atomic E-state index is 15.7. The third-order valence-corrected chi connectivity index (χ3v) is 7.34. The van der Waals surface area contributed by atoms with Gasteiger partial charge >= 0.3 is 5.69 Å². The van der Waals surface area contributed by atoms with Gasteiger partial charge < -0.3 is 9.80 Å². The zero-order valence-corrected chi connectivity index (χ0v) is 22.3. The topological polar surface area (TPSA) is 71.3 Å². The molecule has 3 heterocycles. The number of piperazine rings is 1. The summed E-state index contributed by atoms with van der Waals surface area (Å²) in [5, 5.41) is 0.338. The molecule has 39 heavy (non-hydrogen) atoms. The molecule has 7 nitrogen and oxygen atoms in total. The molecule has 0 bridgehead atoms. The molecular formula is C30H31F2N5O2. The van der Waals surface area contributed by atoms with E-state index in [2.05, 4.69) is 16.5 Å². The van der Waals surface area contributed by atoms with Crippen LogP contribution in [0.1, 0.15) is 50.8 Å². The van der Waals surface area contributed by atoms with Crippen molar-refractivity contribution in [1.29, 1.82) is 0 Å². The number of hydrogen-bond acceptors (Lipinski definition) is 5. The standard InChI is InChI=1S/C30H31F2N5O2/c1-5-26(38)35-14-15-36(19(4)17-35)28-22-16-24(32)27(21-11-6-8-12-23(21)31)33-29(22)37(30(39)34-28)25-13-9-7-10-20(25)18(2)3/h5,7,9-13,16,18-19H,1,6,8,14-15,17H2,2-4H3. The molecule has 5 rings (SSSR count). The van der Waals surface area contributed by atoms with E-state index in [4.69, 9.17) is 0 Å². The molecule has 1 amide bonds. The van der Waals surface area contributed by atoms with Crippen molar-refractivity contribution in [3.63, 3.8) is 0 Å². The van der Waals surface area contributed by atoms with Gasteiger partial charge in [0.05, 0.1) is 11.1 Å². The Bertz CT molecular complexity index is 1590. The molecule has 1 unspecified atom stereocenters. The van der Waals surface area contributed by atoms with Crippen molar-refractivity contribution in [3.8, 4) is 5.69 Å². The minimum absolute atomic E-state index is 0.0830. The summed E-state index contributed by atoms with van der Waals surface area (Å²) >= 11 is 0. The van der Waals surface area contributed by atoms with Crippen molar-refractivity contribution in [2.45, 2.75) is 45.6 Å². The first-order valence-electron chi connectivity index (χ1n) is 13.2. The molecule has 202 valence electrons. The first-order chi connectivity index (χ1) is 18.7. The number of para-hydroxylation sites is 1. The van der Waals surface area contributed by atoms with Crippen molar-refractivity contribution >= 4 is 28.3 Å². The third kappa shape index (κ3) is 4.77. The SMILES string of the molecule is C=CC(=O)N1CCN(c2nc(=O)n(-c3ccccc3C(C)C)c3nc(C4=CCCC=C4F)c(F)cc23)C(C)C1. The number of anilines is 1. The number of carbonyl (C=O) groups is 1. The van der Waals surface area contributed by atoms with Gasteiger partial charge in [-0.1, -0.05) is 44.7 Å². The second kappa shape index (κ2) is 10.6. The van der Waals surface area contributed by atoms with Crippen molar-refractivity contribution < 1.29 is 13.6 Å². The van der Waals surface area contributed by atoms with E-state index in [1.54, 1.807) is 11.0 Å². The molecule has 1 atom stereocenters. The van der Waals surface area contributed by atoms with Crippen LogP contribution in [-0.4, -0.2) is 51.0 Å². The number of allylic oxidation sites excluding steroid dienone is 4. The average molecular weight is 532 g/mol. The second-order valence-corrected chi connectivity index (χ2v) is 10.2. The average Bonchev–Trinajstić information content (AvgIpc) is 2.92.